The van der Waals surface area contributed by atoms with Gasteiger partial charge in [0.05, 0.1) is 35.1 Å². The number of nitrogens with one attached hydrogen (secondary N) is 4. The molecule has 5 rings (SSSR count). The number of pyridine rings is 1. The van der Waals surface area contributed by atoms with E-state index in [4.69, 9.17) is 30.1 Å². The molecule has 3 aliphatic rings. The van der Waals surface area contributed by atoms with Gasteiger partial charge in [-0.15, -0.1) is 0 Å². The highest BCUT2D eigenvalue weighted by molar-refractivity contribution is 6.12. The number of anilines is 1. The van der Waals surface area contributed by atoms with E-state index in [2.05, 4.69) is 20.9 Å². The lowest BCUT2D eigenvalue weighted by Gasteiger charge is -2.57. The van der Waals surface area contributed by atoms with Crippen molar-refractivity contribution in [2.45, 2.75) is 57.3 Å². The Labute approximate surface area is 284 Å². The fourth-order valence-corrected chi connectivity index (χ4v) is 6.05. The Morgan fingerprint density at radius 3 is 2.49 bits per heavy atom. The fourth-order valence-electron chi connectivity index (χ4n) is 6.05. The van der Waals surface area contributed by atoms with E-state index in [9.17, 15) is 19.5 Å². The highest BCUT2D eigenvalue weighted by Gasteiger charge is 2.54. The van der Waals surface area contributed by atoms with E-state index < -0.39 is 17.6 Å². The predicted molar refractivity (Wildman–Crippen MR) is 181 cm³/mol. The molecule has 2 aromatic rings. The molecule has 1 aromatic carbocycles. The number of primary amides is 1. The van der Waals surface area contributed by atoms with Crippen LogP contribution in [0, 0.1) is 10.8 Å². The zero-order valence-electron chi connectivity index (χ0n) is 27.7. The van der Waals surface area contributed by atoms with Gasteiger partial charge in [0.15, 0.2) is 0 Å². The number of aromatic nitrogens is 1. The normalized spacial score (nSPS) is 22.0. The van der Waals surface area contributed by atoms with Crippen molar-refractivity contribution in [3.05, 3.63) is 77.5 Å². The molecule has 2 aliphatic carbocycles. The number of aliphatic hydroxyl groups is 1. The number of nitrogens with two attached hydrogens (primary N) is 1. The molecule has 1 spiro atoms. The number of hydrogen-bond acceptors (Lipinski definition) is 11. The number of ether oxygens (including phenoxy) is 4. The molecular weight excluding hydrogens is 632 g/mol. The Morgan fingerprint density at radius 1 is 1.12 bits per heavy atom. The summed E-state index contributed by atoms with van der Waals surface area (Å²) in [6.45, 7) is 3.81. The molecule has 14 nitrogen and oxygen atoms in total. The average molecular weight is 675 g/mol. The minimum Gasteiger partial charge on any atom is -0.490 e. The summed E-state index contributed by atoms with van der Waals surface area (Å²) < 4.78 is 21.7. The first-order chi connectivity index (χ1) is 23.4. The third kappa shape index (κ3) is 9.03. The van der Waals surface area contributed by atoms with Gasteiger partial charge in [0.2, 0.25) is 0 Å². The number of carbonyl (C=O) groups excluding carboxylic acids is 3. The molecule has 0 unspecified atom stereocenters. The van der Waals surface area contributed by atoms with Crippen LogP contribution >= 0.6 is 0 Å². The van der Waals surface area contributed by atoms with Crippen LogP contribution in [0.1, 0.15) is 49.9 Å². The zero-order valence-corrected chi connectivity index (χ0v) is 27.7. The number of hydrogen-bond donors (Lipinski definition) is 6. The Hall–Kier alpha value is -5.21. The zero-order chi connectivity index (χ0) is 35.2. The van der Waals surface area contributed by atoms with Gasteiger partial charge in [0.25, 0.3) is 11.8 Å². The van der Waals surface area contributed by atoms with Crippen LogP contribution in [0.25, 0.3) is 11.1 Å². The smallest absolute Gasteiger partial charge is 0.412 e. The molecule has 1 aromatic heterocycles. The number of nitrogens with zero attached hydrogens (tertiary/aromatic N) is 1. The van der Waals surface area contributed by atoms with E-state index >= 15 is 0 Å². The molecule has 0 radical (unpaired) electrons. The van der Waals surface area contributed by atoms with E-state index in [-0.39, 0.29) is 54.4 Å². The van der Waals surface area contributed by atoms with Crippen molar-refractivity contribution in [3.8, 4) is 16.9 Å². The molecular formula is C35H42N6O8. The van der Waals surface area contributed by atoms with E-state index in [1.807, 2.05) is 0 Å². The van der Waals surface area contributed by atoms with Gasteiger partial charge in [-0.2, -0.15) is 0 Å². The highest BCUT2D eigenvalue weighted by atomic mass is 16.6. The van der Waals surface area contributed by atoms with Gasteiger partial charge in [-0.25, -0.2) is 9.78 Å². The van der Waals surface area contributed by atoms with Crippen LogP contribution in [-0.2, 0) is 19.0 Å². The van der Waals surface area contributed by atoms with Crippen LogP contribution in [0.15, 0.2) is 71.9 Å². The van der Waals surface area contributed by atoms with E-state index in [1.54, 1.807) is 68.7 Å². The number of allylic oxidation sites excluding steroid dienone is 2. The van der Waals surface area contributed by atoms with Crippen LogP contribution in [0.4, 0.5) is 10.6 Å². The van der Waals surface area contributed by atoms with Crippen LogP contribution in [0.3, 0.4) is 0 Å². The van der Waals surface area contributed by atoms with Crippen molar-refractivity contribution in [1.82, 2.24) is 15.6 Å². The Kier molecular flexibility index (Phi) is 10.7. The minimum atomic E-state index is -0.981. The molecule has 49 heavy (non-hydrogen) atoms. The van der Waals surface area contributed by atoms with Crippen LogP contribution in [0.2, 0.25) is 0 Å². The molecule has 0 atom stereocenters. The predicted octanol–water partition coefficient (Wildman–Crippen LogP) is 3.54. The topological polar surface area (TPSA) is 207 Å². The number of methoxy groups -OCH3 is 1. The molecule has 2 fully saturated rings. The van der Waals surface area contributed by atoms with Crippen LogP contribution in [-0.4, -0.2) is 78.9 Å². The number of benzene rings is 1. The SMILES string of the molecule is COCCOC(=O)Nc1ccc(-c2ccc(C(N)=O)c(OC3CC4(CC(NC(=O)/C(C=N)=C5\C=CC(OCC(C)(C)O)=CN5)C4)C3)c2)cn1. The Bertz CT molecular complexity index is 1660. The first kappa shape index (κ1) is 35.1. The molecule has 7 N–H and O–H groups in total. The van der Waals surface area contributed by atoms with Gasteiger partial charge >= 0.3 is 6.09 Å². The van der Waals surface area contributed by atoms with E-state index in [0.29, 0.717) is 23.0 Å². The summed E-state index contributed by atoms with van der Waals surface area (Å²) in [6, 6.07) is 8.54. The summed E-state index contributed by atoms with van der Waals surface area (Å²) in [5.74, 6) is 0.271. The second-order valence-corrected chi connectivity index (χ2v) is 13.1. The fraction of sp³-hybridized carbons (Fsp3) is 0.400. The van der Waals surface area contributed by atoms with Crippen LogP contribution in [0.5, 0.6) is 5.75 Å². The Balaban J connectivity index is 1.12. The van der Waals surface area contributed by atoms with Crippen molar-refractivity contribution in [3.63, 3.8) is 0 Å². The standard InChI is InChI=1S/C35H42N6O8/c1-34(2,45)20-48-24-6-8-28(38-19-24)27(17-36)32(43)40-23-13-35(14-23)15-25(16-35)49-29-12-21(4-7-26(29)31(37)42)22-5-9-30(39-18-22)41-33(44)47-11-10-46-3/h4-9,12,17-19,23,25,36,38,45H,10-11,13-16,20H2,1-3H3,(H2,37,42)(H,40,43)(H,39,41,44)/b28-27+,36-17?. The van der Waals surface area contributed by atoms with Crippen LogP contribution < -0.4 is 26.4 Å². The second kappa shape index (κ2) is 14.9. The maximum Gasteiger partial charge on any atom is 0.412 e. The molecule has 0 saturated heterocycles. The molecule has 0 bridgehead atoms. The van der Waals surface area contributed by atoms with E-state index in [0.717, 1.165) is 43.0 Å². The number of amides is 3. The van der Waals surface area contributed by atoms with Gasteiger partial charge in [-0.05, 0) is 86.9 Å². The summed E-state index contributed by atoms with van der Waals surface area (Å²) >= 11 is 0. The summed E-state index contributed by atoms with van der Waals surface area (Å²) in [6.07, 6.45) is 9.90. The average Bonchev–Trinajstić information content (AvgIpc) is 3.02. The second-order valence-electron chi connectivity index (χ2n) is 13.1. The van der Waals surface area contributed by atoms with Gasteiger partial charge in [-0.3, -0.25) is 14.9 Å². The molecule has 2 heterocycles. The maximum atomic E-state index is 13.0. The monoisotopic (exact) mass is 674 g/mol. The molecule has 2 saturated carbocycles. The maximum absolute atomic E-state index is 13.0. The highest BCUT2D eigenvalue weighted by Crippen LogP contribution is 2.57. The third-order valence-corrected chi connectivity index (χ3v) is 8.46. The number of rotatable bonds is 14. The van der Waals surface area contributed by atoms with Crippen molar-refractivity contribution in [1.29, 1.82) is 5.41 Å². The Morgan fingerprint density at radius 2 is 1.88 bits per heavy atom. The third-order valence-electron chi connectivity index (χ3n) is 8.46. The van der Waals surface area contributed by atoms with Gasteiger partial charge in [0, 0.05) is 37.3 Å². The molecule has 14 heteroatoms. The van der Waals surface area contributed by atoms with Crippen molar-refractivity contribution < 1.29 is 38.4 Å². The summed E-state index contributed by atoms with van der Waals surface area (Å²) in [5, 5.41) is 26.2. The molecule has 1 aliphatic heterocycles. The largest absolute Gasteiger partial charge is 0.490 e. The summed E-state index contributed by atoms with van der Waals surface area (Å²) in [4.78, 5) is 41.4. The first-order valence-corrected chi connectivity index (χ1v) is 15.9. The quantitative estimate of drug-likeness (QED) is 0.0976. The molecule has 260 valence electrons. The van der Waals surface area contributed by atoms with E-state index in [1.165, 1.54) is 7.11 Å². The first-order valence-electron chi connectivity index (χ1n) is 15.9. The van der Waals surface area contributed by atoms with Crippen molar-refractivity contribution in [2.24, 2.45) is 11.1 Å². The minimum absolute atomic E-state index is 0.0283. The number of carbonyl (C=O) groups is 3. The lowest BCUT2D eigenvalue weighted by molar-refractivity contribution is -0.123. The number of dihydropyridines is 1. The van der Waals surface area contributed by atoms with Crippen molar-refractivity contribution in [2.75, 3.05) is 32.2 Å². The summed E-state index contributed by atoms with van der Waals surface area (Å²) in [5.41, 5.74) is 7.17. The molecule has 3 amide bonds. The van der Waals surface area contributed by atoms with Gasteiger partial charge < -0.3 is 45.8 Å². The summed E-state index contributed by atoms with van der Waals surface area (Å²) in [7, 11) is 1.51. The van der Waals surface area contributed by atoms with Gasteiger partial charge in [-0.1, -0.05) is 6.07 Å². The lowest BCUT2D eigenvalue weighted by atomic mass is 9.53. The lowest BCUT2D eigenvalue weighted by Crippen LogP contribution is -2.59. The van der Waals surface area contributed by atoms with Gasteiger partial charge in [0.1, 0.15) is 30.5 Å². The van der Waals surface area contributed by atoms with Crippen molar-refractivity contribution >= 4 is 29.9 Å².